The van der Waals surface area contributed by atoms with Gasteiger partial charge in [-0.2, -0.15) is 0 Å². The van der Waals surface area contributed by atoms with Crippen molar-refractivity contribution in [3.05, 3.63) is 83.4 Å². The second-order valence-electron chi connectivity index (χ2n) is 9.60. The van der Waals surface area contributed by atoms with E-state index in [0.717, 1.165) is 60.5 Å². The summed E-state index contributed by atoms with van der Waals surface area (Å²) >= 11 is 0. The zero-order valence-corrected chi connectivity index (χ0v) is 20.2. The van der Waals surface area contributed by atoms with Crippen LogP contribution in [-0.4, -0.2) is 39.4 Å². The van der Waals surface area contributed by atoms with Crippen molar-refractivity contribution in [2.75, 3.05) is 38.3 Å². The van der Waals surface area contributed by atoms with E-state index < -0.39 is 0 Å². The summed E-state index contributed by atoms with van der Waals surface area (Å²) in [6, 6.07) is 22.6. The highest BCUT2D eigenvalue weighted by atomic mass is 16.5. The van der Waals surface area contributed by atoms with Gasteiger partial charge in [-0.25, -0.2) is 0 Å². The Morgan fingerprint density at radius 1 is 1.03 bits per heavy atom. The molecule has 3 aromatic carbocycles. The van der Waals surface area contributed by atoms with Gasteiger partial charge in [-0.15, -0.1) is 0 Å². The molecule has 6 nitrogen and oxygen atoms in total. The molecule has 182 valence electrons. The third kappa shape index (κ3) is 5.19. The van der Waals surface area contributed by atoms with Crippen molar-refractivity contribution < 1.29 is 19.0 Å². The maximum absolute atomic E-state index is 11.8. The molecule has 5 rings (SSSR count). The maximum atomic E-state index is 11.8. The van der Waals surface area contributed by atoms with Crippen molar-refractivity contribution in [3.8, 4) is 16.9 Å². The van der Waals surface area contributed by atoms with Gasteiger partial charge in [-0.1, -0.05) is 36.4 Å². The van der Waals surface area contributed by atoms with E-state index in [1.807, 2.05) is 24.3 Å². The standard InChI is InChI=1S/C29H32N2O4/c1-33-28(32)15-24-6-2-3-8-27(24)35-17-22-12-25(23-7-4-5-21(11-23)16-30)14-26(13-22)31-18-29(19-31)9-10-34-20-29/h2-8,11-14H,9-10,15-20,30H2,1H3. The molecule has 3 aromatic rings. The van der Waals surface area contributed by atoms with Crippen molar-refractivity contribution in [2.45, 2.75) is 26.0 Å². The lowest BCUT2D eigenvalue weighted by Gasteiger charge is -2.48. The van der Waals surface area contributed by atoms with Gasteiger partial charge in [0, 0.05) is 42.9 Å². The number of nitrogens with zero attached hydrogens (tertiary/aromatic N) is 1. The predicted molar refractivity (Wildman–Crippen MR) is 136 cm³/mol. The molecule has 35 heavy (non-hydrogen) atoms. The first-order valence-electron chi connectivity index (χ1n) is 12.1. The number of para-hydroxylation sites is 1. The van der Waals surface area contributed by atoms with Crippen LogP contribution in [-0.2, 0) is 33.8 Å². The van der Waals surface area contributed by atoms with Crippen LogP contribution in [0.1, 0.15) is 23.1 Å². The van der Waals surface area contributed by atoms with Crippen molar-refractivity contribution in [1.29, 1.82) is 0 Å². The summed E-state index contributed by atoms with van der Waals surface area (Å²) < 4.78 is 16.7. The van der Waals surface area contributed by atoms with E-state index in [1.165, 1.54) is 12.8 Å². The van der Waals surface area contributed by atoms with Gasteiger partial charge in [0.1, 0.15) is 12.4 Å². The smallest absolute Gasteiger partial charge is 0.310 e. The number of carbonyl (C=O) groups excluding carboxylic acids is 1. The summed E-state index contributed by atoms with van der Waals surface area (Å²) in [7, 11) is 1.40. The third-order valence-corrected chi connectivity index (χ3v) is 7.01. The molecule has 2 fully saturated rings. The lowest BCUT2D eigenvalue weighted by Crippen LogP contribution is -2.57. The fourth-order valence-electron chi connectivity index (χ4n) is 5.01. The average molecular weight is 473 g/mol. The van der Waals surface area contributed by atoms with Gasteiger partial charge in [0.2, 0.25) is 0 Å². The molecular weight excluding hydrogens is 440 g/mol. The molecule has 6 heteroatoms. The maximum Gasteiger partial charge on any atom is 0.310 e. The number of carbonyl (C=O) groups is 1. The molecule has 0 amide bonds. The van der Waals surface area contributed by atoms with E-state index in [2.05, 4.69) is 47.4 Å². The number of anilines is 1. The van der Waals surface area contributed by atoms with E-state index in [0.29, 0.717) is 24.3 Å². The second kappa shape index (κ2) is 10.1. The molecule has 2 aliphatic rings. The van der Waals surface area contributed by atoms with Gasteiger partial charge in [-0.05, 0) is 59.0 Å². The molecule has 2 N–H and O–H groups in total. The Morgan fingerprint density at radius 3 is 2.63 bits per heavy atom. The number of nitrogens with two attached hydrogens (primary N) is 1. The minimum absolute atomic E-state index is 0.182. The molecule has 0 saturated carbocycles. The van der Waals surface area contributed by atoms with E-state index in [9.17, 15) is 4.79 Å². The van der Waals surface area contributed by atoms with Crippen LogP contribution in [0.15, 0.2) is 66.7 Å². The van der Waals surface area contributed by atoms with Crippen LogP contribution in [0.3, 0.4) is 0 Å². The van der Waals surface area contributed by atoms with Gasteiger partial charge in [0.15, 0.2) is 0 Å². The Labute approximate surface area is 206 Å². The molecule has 1 spiro atoms. The highest BCUT2D eigenvalue weighted by Gasteiger charge is 2.45. The number of benzene rings is 3. The van der Waals surface area contributed by atoms with E-state index in [-0.39, 0.29) is 12.4 Å². The van der Waals surface area contributed by atoms with Crippen molar-refractivity contribution in [1.82, 2.24) is 0 Å². The van der Waals surface area contributed by atoms with E-state index in [1.54, 1.807) is 0 Å². The monoisotopic (exact) mass is 472 g/mol. The van der Waals surface area contributed by atoms with Crippen LogP contribution in [0.2, 0.25) is 0 Å². The number of methoxy groups -OCH3 is 1. The number of hydrogen-bond acceptors (Lipinski definition) is 6. The van der Waals surface area contributed by atoms with Gasteiger partial charge >= 0.3 is 5.97 Å². The Bertz CT molecular complexity index is 1190. The normalized spacial score (nSPS) is 16.2. The Morgan fingerprint density at radius 2 is 1.86 bits per heavy atom. The first-order chi connectivity index (χ1) is 17.1. The van der Waals surface area contributed by atoms with Crippen molar-refractivity contribution >= 4 is 11.7 Å². The predicted octanol–water partition coefficient (Wildman–Crippen LogP) is 4.33. The largest absolute Gasteiger partial charge is 0.489 e. The zero-order valence-electron chi connectivity index (χ0n) is 20.2. The number of ether oxygens (including phenoxy) is 3. The van der Waals surface area contributed by atoms with Crippen LogP contribution in [0, 0.1) is 5.41 Å². The number of hydrogen-bond donors (Lipinski definition) is 1. The molecule has 2 aliphatic heterocycles. The zero-order chi connectivity index (χ0) is 24.3. The van der Waals surface area contributed by atoms with Crippen LogP contribution in [0.4, 0.5) is 5.69 Å². The fraction of sp³-hybridized carbons (Fsp3) is 0.345. The highest BCUT2D eigenvalue weighted by Crippen LogP contribution is 2.42. The molecule has 0 unspecified atom stereocenters. The molecule has 0 atom stereocenters. The summed E-state index contributed by atoms with van der Waals surface area (Å²) in [5.41, 5.74) is 12.7. The SMILES string of the molecule is COC(=O)Cc1ccccc1OCc1cc(-c2cccc(CN)c2)cc(N2CC3(CCOC3)C2)c1. The first kappa shape index (κ1) is 23.4. The number of esters is 1. The summed E-state index contributed by atoms with van der Waals surface area (Å²) in [6.45, 7) is 4.66. The van der Waals surface area contributed by atoms with Gasteiger partial charge in [0.25, 0.3) is 0 Å². The quantitative estimate of drug-likeness (QED) is 0.492. The first-order valence-corrected chi connectivity index (χ1v) is 12.1. The third-order valence-electron chi connectivity index (χ3n) is 7.01. The molecule has 0 bridgehead atoms. The Balaban J connectivity index is 1.41. The molecule has 0 aliphatic carbocycles. The van der Waals surface area contributed by atoms with E-state index in [4.69, 9.17) is 19.9 Å². The van der Waals surface area contributed by atoms with Crippen LogP contribution >= 0.6 is 0 Å². The van der Waals surface area contributed by atoms with Gasteiger partial charge in [0.05, 0.1) is 20.1 Å². The molecule has 2 heterocycles. The molecular formula is C29H32N2O4. The lowest BCUT2D eigenvalue weighted by molar-refractivity contribution is -0.139. The minimum atomic E-state index is -0.285. The molecule has 0 radical (unpaired) electrons. The minimum Gasteiger partial charge on any atom is -0.489 e. The van der Waals surface area contributed by atoms with Crippen LogP contribution < -0.4 is 15.4 Å². The number of rotatable bonds is 8. The second-order valence-corrected chi connectivity index (χ2v) is 9.60. The summed E-state index contributed by atoms with van der Waals surface area (Å²) in [4.78, 5) is 14.3. The van der Waals surface area contributed by atoms with Crippen molar-refractivity contribution in [3.63, 3.8) is 0 Å². The Hall–Kier alpha value is -3.35. The topological polar surface area (TPSA) is 74.0 Å². The summed E-state index contributed by atoms with van der Waals surface area (Å²) in [5.74, 6) is 0.411. The highest BCUT2D eigenvalue weighted by molar-refractivity contribution is 5.73. The van der Waals surface area contributed by atoms with Crippen molar-refractivity contribution in [2.24, 2.45) is 11.1 Å². The molecule has 0 aromatic heterocycles. The van der Waals surface area contributed by atoms with E-state index >= 15 is 0 Å². The summed E-state index contributed by atoms with van der Waals surface area (Å²) in [6.07, 6.45) is 1.32. The fourth-order valence-corrected chi connectivity index (χ4v) is 5.01. The van der Waals surface area contributed by atoms with Gasteiger partial charge in [-0.3, -0.25) is 4.79 Å². The van der Waals surface area contributed by atoms with Crippen LogP contribution in [0.25, 0.3) is 11.1 Å². The molecule has 2 saturated heterocycles. The average Bonchev–Trinajstić information content (AvgIpc) is 3.38. The summed E-state index contributed by atoms with van der Waals surface area (Å²) in [5, 5.41) is 0. The lowest BCUT2D eigenvalue weighted by atomic mass is 9.79. The van der Waals surface area contributed by atoms with Gasteiger partial charge < -0.3 is 24.8 Å². The Kier molecular flexibility index (Phi) is 6.75. The van der Waals surface area contributed by atoms with Crippen LogP contribution in [0.5, 0.6) is 5.75 Å².